The van der Waals surface area contributed by atoms with E-state index < -0.39 is 0 Å². The first-order valence-corrected chi connectivity index (χ1v) is 14.6. The summed E-state index contributed by atoms with van der Waals surface area (Å²) in [6.07, 6.45) is 12.9. The van der Waals surface area contributed by atoms with Gasteiger partial charge in [-0.05, 0) is 86.3 Å². The molecule has 3 aliphatic rings. The number of hydrogen-bond donors (Lipinski definition) is 1. The predicted octanol–water partition coefficient (Wildman–Crippen LogP) is 7.46. The van der Waals surface area contributed by atoms with E-state index in [1.165, 1.54) is 50.6 Å². The van der Waals surface area contributed by atoms with Crippen LogP contribution in [0, 0.1) is 5.92 Å². The average molecular weight is 534 g/mol. The van der Waals surface area contributed by atoms with Crippen LogP contribution in [0.25, 0.3) is 0 Å². The Balaban J connectivity index is 1.38. The fourth-order valence-electron chi connectivity index (χ4n) is 6.43. The van der Waals surface area contributed by atoms with E-state index in [0.29, 0.717) is 11.2 Å². The number of halogens is 1. The standard InChI is InChI=1S/C30H36ClN5S/c1-21-14-18-34(19-15-21)26-13-12-23(20-24(26)31)36-29(28(33-30(36)37)25-10-5-6-16-32-25)27-11-7-17-35(27)22-8-3-2-4-9-22/h5-7,10-13,16-17,20-22,28-29H,2-4,8-9,14-15,18-19H2,1H3,(H,33,37)/t28-,29+/m0/s1. The van der Waals surface area contributed by atoms with E-state index in [0.717, 1.165) is 41.1 Å². The molecule has 2 aliphatic heterocycles. The van der Waals surface area contributed by atoms with Gasteiger partial charge >= 0.3 is 0 Å². The number of aromatic nitrogens is 2. The predicted molar refractivity (Wildman–Crippen MR) is 157 cm³/mol. The van der Waals surface area contributed by atoms with Gasteiger partial charge < -0.3 is 19.7 Å². The van der Waals surface area contributed by atoms with E-state index in [1.54, 1.807) is 0 Å². The molecule has 0 bridgehead atoms. The molecule has 0 amide bonds. The highest BCUT2D eigenvalue weighted by Gasteiger charge is 2.42. The lowest BCUT2D eigenvalue weighted by molar-refractivity contribution is 0.340. The number of nitrogens with one attached hydrogen (secondary N) is 1. The molecule has 0 radical (unpaired) electrons. The summed E-state index contributed by atoms with van der Waals surface area (Å²) in [6.45, 7) is 4.46. The number of nitrogens with zero attached hydrogens (tertiary/aromatic N) is 4. The van der Waals surface area contributed by atoms with Crippen LogP contribution in [0.15, 0.2) is 60.9 Å². The van der Waals surface area contributed by atoms with E-state index in [9.17, 15) is 0 Å². The fraction of sp³-hybridized carbons (Fsp3) is 0.467. The Kier molecular flexibility index (Phi) is 7.13. The normalized spacial score (nSPS) is 23.5. The minimum atomic E-state index is -0.0482. The van der Waals surface area contributed by atoms with Crippen LogP contribution in [0.5, 0.6) is 0 Å². The van der Waals surface area contributed by atoms with Crippen molar-refractivity contribution in [3.63, 3.8) is 0 Å². The molecule has 3 fully saturated rings. The Bertz CT molecular complexity index is 1230. The lowest BCUT2D eigenvalue weighted by Gasteiger charge is -2.34. The smallest absolute Gasteiger partial charge is 0.174 e. The third-order valence-electron chi connectivity index (χ3n) is 8.51. The lowest BCUT2D eigenvalue weighted by atomic mass is 9.94. The van der Waals surface area contributed by atoms with Crippen LogP contribution in [0.3, 0.4) is 0 Å². The van der Waals surface area contributed by atoms with Crippen LogP contribution < -0.4 is 15.1 Å². The van der Waals surface area contributed by atoms with Gasteiger partial charge in [-0.3, -0.25) is 4.98 Å². The highest BCUT2D eigenvalue weighted by molar-refractivity contribution is 7.80. The highest BCUT2D eigenvalue weighted by Crippen LogP contribution is 2.45. The number of hydrogen-bond acceptors (Lipinski definition) is 3. The molecule has 1 aliphatic carbocycles. The van der Waals surface area contributed by atoms with Gasteiger partial charge in [0, 0.05) is 42.9 Å². The van der Waals surface area contributed by atoms with Crippen LogP contribution >= 0.6 is 23.8 Å². The molecule has 2 atom stereocenters. The molecular weight excluding hydrogens is 498 g/mol. The zero-order valence-corrected chi connectivity index (χ0v) is 23.1. The second-order valence-corrected chi connectivity index (χ2v) is 11.7. The zero-order valence-electron chi connectivity index (χ0n) is 21.5. The van der Waals surface area contributed by atoms with Crippen molar-refractivity contribution in [2.24, 2.45) is 5.92 Å². The molecule has 1 saturated carbocycles. The van der Waals surface area contributed by atoms with E-state index in [-0.39, 0.29) is 12.1 Å². The maximum atomic E-state index is 6.95. The topological polar surface area (TPSA) is 36.3 Å². The van der Waals surface area contributed by atoms with E-state index in [4.69, 9.17) is 28.8 Å². The van der Waals surface area contributed by atoms with Crippen molar-refractivity contribution >= 4 is 40.3 Å². The van der Waals surface area contributed by atoms with Crippen molar-refractivity contribution in [2.45, 2.75) is 70.0 Å². The summed E-state index contributed by atoms with van der Waals surface area (Å²) in [7, 11) is 0. The van der Waals surface area contributed by atoms with Gasteiger partial charge in [-0.2, -0.15) is 0 Å². The number of rotatable bonds is 5. The molecule has 194 valence electrons. The first-order valence-electron chi connectivity index (χ1n) is 13.8. The Morgan fingerprint density at radius 1 is 0.973 bits per heavy atom. The molecule has 2 aromatic heterocycles. The quantitative estimate of drug-likeness (QED) is 0.344. The molecule has 6 rings (SSSR count). The minimum Gasteiger partial charge on any atom is -0.370 e. The number of thiocarbonyl (C=S) groups is 1. The van der Waals surface area contributed by atoms with Crippen molar-refractivity contribution < 1.29 is 0 Å². The largest absolute Gasteiger partial charge is 0.370 e. The van der Waals surface area contributed by atoms with Crippen molar-refractivity contribution in [1.29, 1.82) is 0 Å². The molecular formula is C30H36ClN5S. The van der Waals surface area contributed by atoms with Gasteiger partial charge in [0.05, 0.1) is 22.4 Å². The van der Waals surface area contributed by atoms with E-state index in [2.05, 4.69) is 75.3 Å². The fourth-order valence-corrected chi connectivity index (χ4v) is 7.07. The van der Waals surface area contributed by atoms with Crippen molar-refractivity contribution in [3.8, 4) is 0 Å². The van der Waals surface area contributed by atoms with E-state index >= 15 is 0 Å². The summed E-state index contributed by atoms with van der Waals surface area (Å²) < 4.78 is 2.51. The average Bonchev–Trinajstić information content (AvgIpc) is 3.54. The lowest BCUT2D eigenvalue weighted by Crippen LogP contribution is -2.33. The van der Waals surface area contributed by atoms with Crippen molar-refractivity contribution in [1.82, 2.24) is 14.9 Å². The van der Waals surface area contributed by atoms with Gasteiger partial charge in [0.2, 0.25) is 0 Å². The van der Waals surface area contributed by atoms with Gasteiger partial charge in [-0.25, -0.2) is 0 Å². The molecule has 0 unspecified atom stereocenters. The SMILES string of the molecule is CC1CCN(c2ccc(N3C(=S)N[C@@H](c4ccccn4)[C@H]3c3cccn3C3CCCCC3)cc2Cl)CC1. The van der Waals surface area contributed by atoms with E-state index in [1.807, 2.05) is 12.3 Å². The number of benzene rings is 1. The van der Waals surface area contributed by atoms with Crippen LogP contribution in [-0.2, 0) is 0 Å². The molecule has 2 saturated heterocycles. The summed E-state index contributed by atoms with van der Waals surface area (Å²) >= 11 is 12.9. The summed E-state index contributed by atoms with van der Waals surface area (Å²) in [5, 5.41) is 5.12. The van der Waals surface area contributed by atoms with Crippen LogP contribution in [0.1, 0.15) is 81.4 Å². The summed E-state index contributed by atoms with van der Waals surface area (Å²) in [5.41, 5.74) is 4.43. The first kappa shape index (κ1) is 24.7. The molecule has 4 heterocycles. The van der Waals surface area contributed by atoms with Crippen LogP contribution in [0.2, 0.25) is 5.02 Å². The molecule has 3 aromatic rings. The van der Waals surface area contributed by atoms with Gasteiger partial charge in [0.25, 0.3) is 0 Å². The highest BCUT2D eigenvalue weighted by atomic mass is 35.5. The second-order valence-electron chi connectivity index (χ2n) is 10.9. The Hall–Kier alpha value is -2.57. The van der Waals surface area contributed by atoms with Gasteiger partial charge in [-0.15, -0.1) is 0 Å². The van der Waals surface area contributed by atoms with Crippen LogP contribution in [0.4, 0.5) is 11.4 Å². The van der Waals surface area contributed by atoms with Crippen molar-refractivity contribution in [3.05, 3.63) is 77.3 Å². The molecule has 0 spiro atoms. The molecule has 5 nitrogen and oxygen atoms in total. The minimum absolute atomic E-state index is 0.0166. The Labute approximate surface area is 230 Å². The van der Waals surface area contributed by atoms with Crippen molar-refractivity contribution in [2.75, 3.05) is 22.9 Å². The summed E-state index contributed by atoms with van der Waals surface area (Å²) in [6, 6.07) is 17.5. The monoisotopic (exact) mass is 533 g/mol. The summed E-state index contributed by atoms with van der Waals surface area (Å²) in [5.74, 6) is 0.784. The number of piperidine rings is 1. The van der Waals surface area contributed by atoms with Crippen LogP contribution in [-0.4, -0.2) is 27.8 Å². The first-order chi connectivity index (χ1) is 18.1. The zero-order chi connectivity index (χ0) is 25.4. The second kappa shape index (κ2) is 10.7. The number of pyridine rings is 1. The molecule has 7 heteroatoms. The maximum Gasteiger partial charge on any atom is 0.174 e. The molecule has 1 aromatic carbocycles. The third-order valence-corrected chi connectivity index (χ3v) is 9.13. The molecule has 37 heavy (non-hydrogen) atoms. The third kappa shape index (κ3) is 4.86. The molecule has 1 N–H and O–H groups in total. The number of anilines is 2. The Morgan fingerprint density at radius 3 is 2.51 bits per heavy atom. The maximum absolute atomic E-state index is 6.95. The van der Waals surface area contributed by atoms with Gasteiger partial charge in [0.1, 0.15) is 6.04 Å². The summed E-state index contributed by atoms with van der Waals surface area (Å²) in [4.78, 5) is 9.42. The van der Waals surface area contributed by atoms with Gasteiger partial charge in [0.15, 0.2) is 5.11 Å². The Morgan fingerprint density at radius 2 is 1.78 bits per heavy atom. The van der Waals surface area contributed by atoms with Gasteiger partial charge in [-0.1, -0.05) is 43.9 Å².